The number of nitrogen functional groups attached to an aromatic ring is 1. The number of rotatable bonds is 5. The van der Waals surface area contributed by atoms with E-state index in [1.165, 1.54) is 6.26 Å². The average molecular weight is 333 g/mol. The summed E-state index contributed by atoms with van der Waals surface area (Å²) >= 11 is 5.61. The van der Waals surface area contributed by atoms with E-state index >= 15 is 0 Å². The van der Waals surface area contributed by atoms with E-state index in [9.17, 15) is 12.8 Å². The lowest BCUT2D eigenvalue weighted by Crippen LogP contribution is -2.34. The highest BCUT2D eigenvalue weighted by Crippen LogP contribution is 2.25. The van der Waals surface area contributed by atoms with Crippen molar-refractivity contribution >= 4 is 27.3 Å². The minimum Gasteiger partial charge on any atom is -0.469 e. The predicted octanol–water partition coefficient (Wildman–Crippen LogP) is 2.56. The van der Waals surface area contributed by atoms with Crippen molar-refractivity contribution in [2.45, 2.75) is 24.3 Å². The molecule has 0 saturated carbocycles. The molecule has 2 aromatic rings. The molecule has 8 heteroatoms. The van der Waals surface area contributed by atoms with E-state index in [1.807, 2.05) is 0 Å². The number of hydrogen-bond donors (Lipinski definition) is 2. The summed E-state index contributed by atoms with van der Waals surface area (Å²) in [7, 11) is -4.07. The Balaban J connectivity index is 2.22. The zero-order valence-corrected chi connectivity index (χ0v) is 12.7. The van der Waals surface area contributed by atoms with Crippen LogP contribution in [0, 0.1) is 5.82 Å². The molecule has 1 aromatic heterocycles. The summed E-state index contributed by atoms with van der Waals surface area (Å²) in [5.41, 5.74) is 5.58. The Morgan fingerprint density at radius 2 is 2.19 bits per heavy atom. The Morgan fingerprint density at radius 3 is 2.81 bits per heavy atom. The van der Waals surface area contributed by atoms with Crippen molar-refractivity contribution in [2.75, 3.05) is 5.73 Å². The number of hydrogen-bond acceptors (Lipinski definition) is 4. The molecule has 0 aliphatic heterocycles. The van der Waals surface area contributed by atoms with Crippen molar-refractivity contribution in [1.82, 2.24) is 4.72 Å². The second-order valence-corrected chi connectivity index (χ2v) is 6.71. The number of halogens is 2. The molecule has 0 spiro atoms. The smallest absolute Gasteiger partial charge is 0.243 e. The minimum atomic E-state index is -4.07. The molecule has 1 heterocycles. The van der Waals surface area contributed by atoms with Crippen LogP contribution >= 0.6 is 11.6 Å². The van der Waals surface area contributed by atoms with Crippen molar-refractivity contribution in [2.24, 2.45) is 0 Å². The molecular weight excluding hydrogens is 319 g/mol. The predicted molar refractivity (Wildman–Crippen MR) is 78.0 cm³/mol. The molecule has 0 aliphatic rings. The highest BCUT2D eigenvalue weighted by molar-refractivity contribution is 7.89. The SMILES string of the molecule is CC(Cc1ccco1)NS(=O)(=O)c1cc(N)cc(Cl)c1F. The van der Waals surface area contributed by atoms with Crippen molar-refractivity contribution in [3.63, 3.8) is 0 Å². The van der Waals surface area contributed by atoms with Gasteiger partial charge in [-0.3, -0.25) is 0 Å². The van der Waals surface area contributed by atoms with Gasteiger partial charge >= 0.3 is 0 Å². The van der Waals surface area contributed by atoms with Gasteiger partial charge in [-0.1, -0.05) is 11.6 Å². The van der Waals surface area contributed by atoms with Crippen LogP contribution < -0.4 is 10.5 Å². The Hall–Kier alpha value is -1.57. The van der Waals surface area contributed by atoms with Crippen molar-refractivity contribution in [3.8, 4) is 0 Å². The molecule has 2 rings (SSSR count). The highest BCUT2D eigenvalue weighted by Gasteiger charge is 2.24. The Kier molecular flexibility index (Phi) is 4.55. The van der Waals surface area contributed by atoms with E-state index in [4.69, 9.17) is 21.8 Å². The number of anilines is 1. The molecule has 5 nitrogen and oxygen atoms in total. The fraction of sp³-hybridized carbons (Fsp3) is 0.231. The summed E-state index contributed by atoms with van der Waals surface area (Å²) in [5, 5.41) is -0.339. The molecule has 0 radical (unpaired) electrons. The van der Waals surface area contributed by atoms with E-state index < -0.39 is 26.8 Å². The minimum absolute atomic E-state index is 0.0699. The van der Waals surface area contributed by atoms with Gasteiger partial charge in [0.1, 0.15) is 10.7 Å². The van der Waals surface area contributed by atoms with Crippen LogP contribution in [0.3, 0.4) is 0 Å². The molecule has 1 aromatic carbocycles. The number of sulfonamides is 1. The van der Waals surface area contributed by atoms with Crippen LogP contribution in [-0.4, -0.2) is 14.5 Å². The summed E-state index contributed by atoms with van der Waals surface area (Å²) in [5.74, 6) is -0.403. The molecule has 0 bridgehead atoms. The van der Waals surface area contributed by atoms with Gasteiger partial charge in [-0.25, -0.2) is 17.5 Å². The molecular formula is C13H14ClFN2O3S. The summed E-state index contributed by atoms with van der Waals surface area (Å²) in [6, 6.07) is 5.13. The Labute approximate surface area is 126 Å². The molecule has 21 heavy (non-hydrogen) atoms. The van der Waals surface area contributed by atoms with E-state index in [1.54, 1.807) is 19.1 Å². The zero-order chi connectivity index (χ0) is 15.6. The van der Waals surface area contributed by atoms with Gasteiger partial charge in [-0.15, -0.1) is 0 Å². The first kappa shape index (κ1) is 15.8. The second kappa shape index (κ2) is 6.05. The largest absolute Gasteiger partial charge is 0.469 e. The summed E-state index contributed by atoms with van der Waals surface area (Å²) in [6.07, 6.45) is 1.83. The van der Waals surface area contributed by atoms with Crippen molar-refractivity contribution < 1.29 is 17.2 Å². The fourth-order valence-corrected chi connectivity index (χ4v) is 3.54. The molecule has 0 aliphatic carbocycles. The highest BCUT2D eigenvalue weighted by atomic mass is 35.5. The fourth-order valence-electron chi connectivity index (χ4n) is 1.88. The first-order valence-electron chi connectivity index (χ1n) is 6.09. The van der Waals surface area contributed by atoms with Crippen LogP contribution in [0.2, 0.25) is 5.02 Å². The maximum absolute atomic E-state index is 13.9. The molecule has 114 valence electrons. The lowest BCUT2D eigenvalue weighted by Gasteiger charge is -2.14. The van der Waals surface area contributed by atoms with Crippen molar-refractivity contribution in [3.05, 3.63) is 47.1 Å². The van der Waals surface area contributed by atoms with Gasteiger partial charge in [0, 0.05) is 18.2 Å². The van der Waals surface area contributed by atoms with Gasteiger partial charge < -0.3 is 10.2 Å². The van der Waals surface area contributed by atoms with Gasteiger partial charge in [-0.2, -0.15) is 0 Å². The lowest BCUT2D eigenvalue weighted by molar-refractivity contribution is 0.478. The van der Waals surface area contributed by atoms with Gasteiger partial charge in [-0.05, 0) is 31.2 Å². The van der Waals surface area contributed by atoms with E-state index in [0.717, 1.165) is 12.1 Å². The van der Waals surface area contributed by atoms with E-state index in [-0.39, 0.29) is 10.7 Å². The van der Waals surface area contributed by atoms with Gasteiger partial charge in [0.25, 0.3) is 0 Å². The zero-order valence-electron chi connectivity index (χ0n) is 11.1. The Bertz CT molecular complexity index is 732. The van der Waals surface area contributed by atoms with Gasteiger partial charge in [0.2, 0.25) is 10.0 Å². The normalized spacial score (nSPS) is 13.3. The maximum atomic E-state index is 13.9. The Morgan fingerprint density at radius 1 is 1.48 bits per heavy atom. The average Bonchev–Trinajstić information content (AvgIpc) is 2.85. The van der Waals surface area contributed by atoms with Crippen LogP contribution in [0.5, 0.6) is 0 Å². The van der Waals surface area contributed by atoms with Gasteiger partial charge in [0.05, 0.1) is 11.3 Å². The molecule has 3 N–H and O–H groups in total. The maximum Gasteiger partial charge on any atom is 0.243 e. The number of furan rings is 1. The number of nitrogens with one attached hydrogen (secondary N) is 1. The summed E-state index contributed by atoms with van der Waals surface area (Å²) in [4.78, 5) is -0.571. The second-order valence-electron chi connectivity index (χ2n) is 4.62. The summed E-state index contributed by atoms with van der Waals surface area (Å²) in [6.45, 7) is 1.64. The van der Waals surface area contributed by atoms with Crippen LogP contribution in [0.15, 0.2) is 39.8 Å². The first-order chi connectivity index (χ1) is 9.79. The lowest BCUT2D eigenvalue weighted by atomic mass is 10.2. The van der Waals surface area contributed by atoms with E-state index in [0.29, 0.717) is 12.2 Å². The molecule has 1 atom stereocenters. The number of benzene rings is 1. The van der Waals surface area contributed by atoms with E-state index in [2.05, 4.69) is 4.72 Å². The quantitative estimate of drug-likeness (QED) is 0.824. The van der Waals surface area contributed by atoms with Crippen LogP contribution in [0.25, 0.3) is 0 Å². The van der Waals surface area contributed by atoms with Crippen LogP contribution in [0.4, 0.5) is 10.1 Å². The van der Waals surface area contributed by atoms with Crippen LogP contribution in [-0.2, 0) is 16.4 Å². The molecule has 0 saturated heterocycles. The third-order valence-electron chi connectivity index (χ3n) is 2.75. The molecule has 1 unspecified atom stereocenters. The molecule has 0 amide bonds. The number of nitrogens with two attached hydrogens (primary N) is 1. The summed E-state index contributed by atoms with van der Waals surface area (Å²) < 4.78 is 45.8. The van der Waals surface area contributed by atoms with Crippen molar-refractivity contribution in [1.29, 1.82) is 0 Å². The van der Waals surface area contributed by atoms with Crippen LogP contribution in [0.1, 0.15) is 12.7 Å². The third kappa shape index (κ3) is 3.75. The first-order valence-corrected chi connectivity index (χ1v) is 7.95. The third-order valence-corrected chi connectivity index (χ3v) is 4.61. The van der Waals surface area contributed by atoms with Gasteiger partial charge in [0.15, 0.2) is 5.82 Å². The standard InChI is InChI=1S/C13H14ClFN2O3S/c1-8(5-10-3-2-4-20-10)17-21(18,19)12-7-9(16)6-11(14)13(12)15/h2-4,6-8,17H,5,16H2,1H3. The topological polar surface area (TPSA) is 85.3 Å². The molecule has 0 fully saturated rings. The monoisotopic (exact) mass is 332 g/mol.